The Labute approximate surface area is 148 Å². The van der Waals surface area contributed by atoms with Crippen molar-refractivity contribution in [2.45, 2.75) is 76.6 Å². The normalized spacial score (nSPS) is 38.8. The SMILES string of the molecule is CC1(C)OC[C@@H](C2O[C@@H]3OC(C)(C)O[C@@H]3C2OCc2ccccc2)O1. The van der Waals surface area contributed by atoms with Gasteiger partial charge in [-0.3, -0.25) is 0 Å². The summed E-state index contributed by atoms with van der Waals surface area (Å²) in [4.78, 5) is 0. The van der Waals surface area contributed by atoms with Crippen LogP contribution in [0.15, 0.2) is 30.3 Å². The van der Waals surface area contributed by atoms with Gasteiger partial charge in [-0.05, 0) is 33.3 Å². The van der Waals surface area contributed by atoms with Crippen molar-refractivity contribution in [3.8, 4) is 0 Å². The third-order valence-electron chi connectivity index (χ3n) is 4.71. The fraction of sp³-hybridized carbons (Fsp3) is 0.684. The van der Waals surface area contributed by atoms with Gasteiger partial charge in [-0.25, -0.2) is 0 Å². The first-order valence-corrected chi connectivity index (χ1v) is 8.81. The topological polar surface area (TPSA) is 55.4 Å². The van der Waals surface area contributed by atoms with E-state index < -0.39 is 17.9 Å². The lowest BCUT2D eigenvalue weighted by Crippen LogP contribution is -2.44. The summed E-state index contributed by atoms with van der Waals surface area (Å²) in [6.45, 7) is 8.52. The van der Waals surface area contributed by atoms with Crippen LogP contribution in [0.2, 0.25) is 0 Å². The molecule has 0 bridgehead atoms. The molecular formula is C19H26O6. The van der Waals surface area contributed by atoms with Crippen LogP contribution < -0.4 is 0 Å². The summed E-state index contributed by atoms with van der Waals surface area (Å²) in [5, 5.41) is 0. The molecule has 0 saturated carbocycles. The Morgan fingerprint density at radius 1 is 0.960 bits per heavy atom. The average molecular weight is 350 g/mol. The highest BCUT2D eigenvalue weighted by molar-refractivity contribution is 5.13. The first kappa shape index (κ1) is 17.4. The number of ether oxygens (including phenoxy) is 6. The first-order chi connectivity index (χ1) is 11.8. The van der Waals surface area contributed by atoms with Gasteiger partial charge < -0.3 is 28.4 Å². The van der Waals surface area contributed by atoms with Gasteiger partial charge in [-0.15, -0.1) is 0 Å². The molecule has 3 fully saturated rings. The highest BCUT2D eigenvalue weighted by atomic mass is 16.8. The van der Waals surface area contributed by atoms with Crippen LogP contribution in [-0.2, 0) is 35.0 Å². The van der Waals surface area contributed by atoms with E-state index in [-0.39, 0.29) is 24.4 Å². The largest absolute Gasteiger partial charge is 0.368 e. The van der Waals surface area contributed by atoms with Crippen molar-refractivity contribution < 1.29 is 28.4 Å². The van der Waals surface area contributed by atoms with Gasteiger partial charge in [0.15, 0.2) is 17.9 Å². The fourth-order valence-corrected chi connectivity index (χ4v) is 3.64. The van der Waals surface area contributed by atoms with E-state index in [0.717, 1.165) is 5.56 Å². The zero-order chi connectivity index (χ0) is 17.7. The summed E-state index contributed by atoms with van der Waals surface area (Å²) < 4.78 is 36.0. The number of hydrogen-bond donors (Lipinski definition) is 0. The second kappa shape index (κ2) is 6.30. The molecule has 0 amide bonds. The van der Waals surface area contributed by atoms with E-state index in [1.807, 2.05) is 58.0 Å². The van der Waals surface area contributed by atoms with Crippen LogP contribution in [-0.4, -0.2) is 48.9 Å². The molecular weight excluding hydrogens is 324 g/mol. The molecule has 25 heavy (non-hydrogen) atoms. The van der Waals surface area contributed by atoms with Gasteiger partial charge in [0.25, 0.3) is 0 Å². The quantitative estimate of drug-likeness (QED) is 0.832. The molecule has 6 heteroatoms. The average Bonchev–Trinajstić information content (AvgIpc) is 3.15. The summed E-state index contributed by atoms with van der Waals surface area (Å²) >= 11 is 0. The van der Waals surface area contributed by atoms with Gasteiger partial charge in [0.05, 0.1) is 13.2 Å². The lowest BCUT2D eigenvalue weighted by Gasteiger charge is -2.29. The van der Waals surface area contributed by atoms with Crippen LogP contribution in [0.25, 0.3) is 0 Å². The Hall–Kier alpha value is -1.02. The molecule has 1 aromatic rings. The standard InChI is InChI=1S/C19H26O6/c1-18(2)21-11-13(23-18)14-15(20-10-12-8-6-5-7-9-12)16-17(22-14)25-19(3,4)24-16/h5-9,13-17H,10-11H2,1-4H3/t13-,14?,15?,16+,17+/m0/s1. The van der Waals surface area contributed by atoms with E-state index in [1.54, 1.807) is 0 Å². The molecule has 0 aliphatic carbocycles. The van der Waals surface area contributed by atoms with Crippen LogP contribution in [0.1, 0.15) is 33.3 Å². The van der Waals surface area contributed by atoms with Crippen molar-refractivity contribution in [3.63, 3.8) is 0 Å². The number of rotatable bonds is 4. The number of benzene rings is 1. The summed E-state index contributed by atoms with van der Waals surface area (Å²) in [6, 6.07) is 10.1. The maximum absolute atomic E-state index is 6.22. The van der Waals surface area contributed by atoms with Gasteiger partial charge in [-0.2, -0.15) is 0 Å². The zero-order valence-corrected chi connectivity index (χ0v) is 15.1. The minimum absolute atomic E-state index is 0.211. The van der Waals surface area contributed by atoms with E-state index in [0.29, 0.717) is 13.2 Å². The zero-order valence-electron chi connectivity index (χ0n) is 15.1. The van der Waals surface area contributed by atoms with E-state index >= 15 is 0 Å². The van der Waals surface area contributed by atoms with Crippen molar-refractivity contribution in [3.05, 3.63) is 35.9 Å². The lowest BCUT2D eigenvalue weighted by molar-refractivity contribution is -0.236. The molecule has 2 unspecified atom stereocenters. The highest BCUT2D eigenvalue weighted by Crippen LogP contribution is 2.42. The fourth-order valence-electron chi connectivity index (χ4n) is 3.64. The van der Waals surface area contributed by atoms with Gasteiger partial charge in [0.1, 0.15) is 24.4 Å². The molecule has 0 radical (unpaired) electrons. The third kappa shape index (κ3) is 3.60. The van der Waals surface area contributed by atoms with E-state index in [4.69, 9.17) is 28.4 Å². The smallest absolute Gasteiger partial charge is 0.190 e. The first-order valence-electron chi connectivity index (χ1n) is 8.81. The predicted molar refractivity (Wildman–Crippen MR) is 88.6 cm³/mol. The highest BCUT2D eigenvalue weighted by Gasteiger charge is 2.58. The molecule has 3 aliphatic rings. The molecule has 6 nitrogen and oxygen atoms in total. The van der Waals surface area contributed by atoms with Gasteiger partial charge >= 0.3 is 0 Å². The molecule has 4 rings (SSSR count). The second-order valence-electron chi connectivity index (χ2n) is 7.70. The minimum atomic E-state index is -0.680. The van der Waals surface area contributed by atoms with Crippen molar-refractivity contribution in [2.24, 2.45) is 0 Å². The van der Waals surface area contributed by atoms with Crippen molar-refractivity contribution in [1.29, 1.82) is 0 Å². The van der Waals surface area contributed by atoms with Crippen LogP contribution in [0.4, 0.5) is 0 Å². The van der Waals surface area contributed by atoms with Crippen LogP contribution in [0, 0.1) is 0 Å². The Morgan fingerprint density at radius 2 is 1.72 bits per heavy atom. The summed E-state index contributed by atoms with van der Waals surface area (Å²) in [6.07, 6.45) is -1.52. The number of hydrogen-bond acceptors (Lipinski definition) is 6. The number of fused-ring (bicyclic) bond motifs is 1. The Bertz CT molecular complexity index is 601. The molecule has 3 aliphatic heterocycles. The van der Waals surface area contributed by atoms with Crippen LogP contribution >= 0.6 is 0 Å². The second-order valence-corrected chi connectivity index (χ2v) is 7.70. The van der Waals surface area contributed by atoms with E-state index in [9.17, 15) is 0 Å². The molecule has 0 spiro atoms. The van der Waals surface area contributed by atoms with Crippen molar-refractivity contribution in [2.75, 3.05) is 6.61 Å². The molecule has 0 aromatic heterocycles. The molecule has 138 valence electrons. The van der Waals surface area contributed by atoms with Crippen molar-refractivity contribution in [1.82, 2.24) is 0 Å². The molecule has 0 N–H and O–H groups in total. The summed E-state index contributed by atoms with van der Waals surface area (Å²) in [5.74, 6) is -1.29. The van der Waals surface area contributed by atoms with Crippen LogP contribution in [0.3, 0.4) is 0 Å². The van der Waals surface area contributed by atoms with Crippen LogP contribution in [0.5, 0.6) is 0 Å². The summed E-state index contributed by atoms with van der Waals surface area (Å²) in [7, 11) is 0. The molecule has 3 heterocycles. The lowest BCUT2D eigenvalue weighted by atomic mass is 10.1. The monoisotopic (exact) mass is 350 g/mol. The van der Waals surface area contributed by atoms with Gasteiger partial charge in [0.2, 0.25) is 0 Å². The Morgan fingerprint density at radius 3 is 2.40 bits per heavy atom. The summed E-state index contributed by atoms with van der Waals surface area (Å²) in [5.41, 5.74) is 1.10. The maximum atomic E-state index is 6.22. The van der Waals surface area contributed by atoms with Gasteiger partial charge in [-0.1, -0.05) is 30.3 Å². The molecule has 3 saturated heterocycles. The predicted octanol–water partition coefficient (Wildman–Crippen LogP) is 2.60. The van der Waals surface area contributed by atoms with E-state index in [1.165, 1.54) is 0 Å². The van der Waals surface area contributed by atoms with Crippen molar-refractivity contribution >= 4 is 0 Å². The molecule has 1 aromatic carbocycles. The minimum Gasteiger partial charge on any atom is -0.368 e. The Kier molecular flexibility index (Phi) is 4.38. The maximum Gasteiger partial charge on any atom is 0.190 e. The molecule has 5 atom stereocenters. The Balaban J connectivity index is 1.50. The van der Waals surface area contributed by atoms with Gasteiger partial charge in [0, 0.05) is 0 Å². The van der Waals surface area contributed by atoms with E-state index in [2.05, 4.69) is 0 Å². The third-order valence-corrected chi connectivity index (χ3v) is 4.71.